The van der Waals surface area contributed by atoms with Gasteiger partial charge >= 0.3 is 0 Å². The number of carbonyl (C=O) groups excluding carboxylic acids is 1. The van der Waals surface area contributed by atoms with Crippen LogP contribution in [0, 0.1) is 0 Å². The maximum atomic E-state index is 12.1. The van der Waals surface area contributed by atoms with E-state index in [1.165, 1.54) is 10.6 Å². The van der Waals surface area contributed by atoms with Crippen LogP contribution in [0.5, 0.6) is 0 Å². The average Bonchev–Trinajstić information content (AvgIpc) is 2.47. The monoisotopic (exact) mass is 330 g/mol. The van der Waals surface area contributed by atoms with Crippen LogP contribution in [-0.2, 0) is 14.8 Å². The van der Waals surface area contributed by atoms with Gasteiger partial charge in [0, 0.05) is 19.1 Å². The minimum absolute atomic E-state index is 0.0273. The number of alkyl halides is 1. The van der Waals surface area contributed by atoms with E-state index < -0.39 is 15.4 Å². The van der Waals surface area contributed by atoms with Gasteiger partial charge in [-0.05, 0) is 18.4 Å². The Labute approximate surface area is 130 Å². The molecule has 0 aromatic heterocycles. The number of hydrogen-bond acceptors (Lipinski definition) is 3. The fraction of sp³-hybridized carbons (Fsp3) is 0.500. The van der Waals surface area contributed by atoms with Gasteiger partial charge in [-0.25, -0.2) is 12.7 Å². The number of sulfonamides is 1. The molecule has 21 heavy (non-hydrogen) atoms. The van der Waals surface area contributed by atoms with Gasteiger partial charge in [0.25, 0.3) is 0 Å². The van der Waals surface area contributed by atoms with Gasteiger partial charge in [0.15, 0.2) is 0 Å². The standard InChI is InChI=1S/C14H19ClN2O3S/c1-21(19,20)17-9-7-12(8-10-17)16-14(18)13(15)11-5-3-2-4-6-11/h2-6,12-13H,7-10H2,1H3,(H,16,18). The van der Waals surface area contributed by atoms with Crippen LogP contribution < -0.4 is 5.32 Å². The molecule has 1 aliphatic rings. The highest BCUT2D eigenvalue weighted by molar-refractivity contribution is 7.88. The third kappa shape index (κ3) is 4.43. The van der Waals surface area contributed by atoms with Crippen LogP contribution in [0.15, 0.2) is 30.3 Å². The lowest BCUT2D eigenvalue weighted by Gasteiger charge is -2.31. The van der Waals surface area contributed by atoms with E-state index in [2.05, 4.69) is 5.32 Å². The van der Waals surface area contributed by atoms with Crippen LogP contribution >= 0.6 is 11.6 Å². The zero-order valence-electron chi connectivity index (χ0n) is 11.8. The highest BCUT2D eigenvalue weighted by Gasteiger charge is 2.27. The quantitative estimate of drug-likeness (QED) is 0.851. The van der Waals surface area contributed by atoms with Crippen molar-refractivity contribution in [3.8, 4) is 0 Å². The Bertz CT molecular complexity index is 583. The van der Waals surface area contributed by atoms with Crippen molar-refractivity contribution in [3.63, 3.8) is 0 Å². The van der Waals surface area contributed by atoms with E-state index >= 15 is 0 Å². The maximum absolute atomic E-state index is 12.1. The van der Waals surface area contributed by atoms with Crippen LogP contribution in [-0.4, -0.2) is 44.0 Å². The summed E-state index contributed by atoms with van der Waals surface area (Å²) in [5.74, 6) is -0.235. The van der Waals surface area contributed by atoms with Crippen molar-refractivity contribution >= 4 is 27.5 Å². The fourth-order valence-electron chi connectivity index (χ4n) is 2.38. The van der Waals surface area contributed by atoms with Crippen LogP contribution in [0.1, 0.15) is 23.8 Å². The number of benzene rings is 1. The van der Waals surface area contributed by atoms with Crippen LogP contribution in [0.3, 0.4) is 0 Å². The van der Waals surface area contributed by atoms with Crippen LogP contribution in [0.25, 0.3) is 0 Å². The molecule has 2 rings (SSSR count). The zero-order valence-corrected chi connectivity index (χ0v) is 13.4. The molecule has 1 fully saturated rings. The molecular formula is C14H19ClN2O3S. The smallest absolute Gasteiger partial charge is 0.242 e. The number of carbonyl (C=O) groups is 1. The SMILES string of the molecule is CS(=O)(=O)N1CCC(NC(=O)C(Cl)c2ccccc2)CC1. The molecule has 0 saturated carbocycles. The minimum Gasteiger partial charge on any atom is -0.352 e. The summed E-state index contributed by atoms with van der Waals surface area (Å²) >= 11 is 6.16. The van der Waals surface area contributed by atoms with Crippen LogP contribution in [0.4, 0.5) is 0 Å². The van der Waals surface area contributed by atoms with E-state index in [9.17, 15) is 13.2 Å². The Hall–Kier alpha value is -1.11. The van der Waals surface area contributed by atoms with Crippen molar-refractivity contribution < 1.29 is 13.2 Å². The number of nitrogens with zero attached hydrogens (tertiary/aromatic N) is 1. The lowest BCUT2D eigenvalue weighted by molar-refractivity contribution is -0.121. The molecule has 116 valence electrons. The molecule has 5 nitrogen and oxygen atoms in total. The lowest BCUT2D eigenvalue weighted by Crippen LogP contribution is -2.46. The molecule has 1 aromatic carbocycles. The molecule has 1 unspecified atom stereocenters. The number of halogens is 1. The molecule has 1 atom stereocenters. The van der Waals surface area contributed by atoms with Crippen LogP contribution in [0.2, 0.25) is 0 Å². The molecule has 1 amide bonds. The largest absolute Gasteiger partial charge is 0.352 e. The number of rotatable bonds is 4. The molecule has 0 spiro atoms. The number of amides is 1. The summed E-state index contributed by atoms with van der Waals surface area (Å²) < 4.78 is 24.3. The molecule has 1 heterocycles. The Morgan fingerprint density at radius 2 is 1.86 bits per heavy atom. The van der Waals surface area contributed by atoms with E-state index in [0.29, 0.717) is 25.9 Å². The summed E-state index contributed by atoms with van der Waals surface area (Å²) in [4.78, 5) is 12.1. The molecular weight excluding hydrogens is 312 g/mol. The van der Waals surface area contributed by atoms with Crippen molar-refractivity contribution in [3.05, 3.63) is 35.9 Å². The lowest BCUT2D eigenvalue weighted by atomic mass is 10.1. The Morgan fingerprint density at radius 1 is 1.29 bits per heavy atom. The van der Waals surface area contributed by atoms with Gasteiger partial charge in [-0.1, -0.05) is 30.3 Å². The number of nitrogens with one attached hydrogen (secondary N) is 1. The second-order valence-electron chi connectivity index (χ2n) is 5.22. The molecule has 0 bridgehead atoms. The van der Waals surface area contributed by atoms with Gasteiger partial charge in [-0.15, -0.1) is 11.6 Å². The second-order valence-corrected chi connectivity index (χ2v) is 7.64. The molecule has 7 heteroatoms. The van der Waals surface area contributed by atoms with Gasteiger partial charge in [0.05, 0.1) is 6.26 Å². The first-order valence-electron chi connectivity index (χ1n) is 6.82. The Balaban J connectivity index is 1.87. The fourth-order valence-corrected chi connectivity index (χ4v) is 3.46. The van der Waals surface area contributed by atoms with Gasteiger partial charge in [-0.2, -0.15) is 0 Å². The Kier molecular flexibility index (Phi) is 5.24. The molecule has 1 saturated heterocycles. The second kappa shape index (κ2) is 6.77. The van der Waals surface area contributed by atoms with E-state index in [0.717, 1.165) is 5.56 Å². The highest BCUT2D eigenvalue weighted by Crippen LogP contribution is 2.21. The van der Waals surface area contributed by atoms with Gasteiger partial charge in [0.1, 0.15) is 5.38 Å². The summed E-state index contributed by atoms with van der Waals surface area (Å²) in [6.45, 7) is 0.865. The molecule has 0 radical (unpaired) electrons. The average molecular weight is 331 g/mol. The van der Waals surface area contributed by atoms with Crippen molar-refractivity contribution in [1.29, 1.82) is 0 Å². The molecule has 1 aromatic rings. The van der Waals surface area contributed by atoms with Gasteiger partial charge in [0.2, 0.25) is 15.9 Å². The predicted octanol–water partition coefficient (Wildman–Crippen LogP) is 1.51. The normalized spacial score (nSPS) is 19.1. The van der Waals surface area contributed by atoms with E-state index in [4.69, 9.17) is 11.6 Å². The van der Waals surface area contributed by atoms with Crippen molar-refractivity contribution in [2.45, 2.75) is 24.3 Å². The van der Waals surface area contributed by atoms with Gasteiger partial charge < -0.3 is 5.32 Å². The summed E-state index contributed by atoms with van der Waals surface area (Å²) in [7, 11) is -3.14. The van der Waals surface area contributed by atoms with Crippen molar-refractivity contribution in [2.75, 3.05) is 19.3 Å². The topological polar surface area (TPSA) is 66.5 Å². The van der Waals surface area contributed by atoms with Gasteiger partial charge in [-0.3, -0.25) is 4.79 Å². The first kappa shape index (κ1) is 16.3. The number of hydrogen-bond donors (Lipinski definition) is 1. The first-order chi connectivity index (χ1) is 9.88. The minimum atomic E-state index is -3.14. The van der Waals surface area contributed by atoms with Crippen molar-refractivity contribution in [2.24, 2.45) is 0 Å². The first-order valence-corrected chi connectivity index (χ1v) is 9.11. The zero-order chi connectivity index (χ0) is 15.5. The summed E-state index contributed by atoms with van der Waals surface area (Å²) in [5, 5.41) is 2.17. The van der Waals surface area contributed by atoms with E-state index in [1.54, 1.807) is 0 Å². The Morgan fingerprint density at radius 3 is 2.38 bits per heavy atom. The van der Waals surface area contributed by atoms with E-state index in [-0.39, 0.29) is 11.9 Å². The predicted molar refractivity (Wildman–Crippen MR) is 82.6 cm³/mol. The summed E-state index contributed by atoms with van der Waals surface area (Å²) in [5.41, 5.74) is 0.755. The molecule has 1 N–H and O–H groups in total. The molecule has 1 aliphatic heterocycles. The summed E-state index contributed by atoms with van der Waals surface area (Å²) in [6.07, 6.45) is 2.42. The third-order valence-corrected chi connectivity index (χ3v) is 5.35. The van der Waals surface area contributed by atoms with E-state index in [1.807, 2.05) is 30.3 Å². The third-order valence-electron chi connectivity index (χ3n) is 3.59. The summed E-state index contributed by atoms with van der Waals surface area (Å²) in [6, 6.07) is 9.13. The molecule has 0 aliphatic carbocycles. The van der Waals surface area contributed by atoms with Crippen molar-refractivity contribution in [1.82, 2.24) is 9.62 Å². The number of piperidine rings is 1. The maximum Gasteiger partial charge on any atom is 0.242 e. The highest BCUT2D eigenvalue weighted by atomic mass is 35.5.